The van der Waals surface area contributed by atoms with Gasteiger partial charge in [0.1, 0.15) is 24.7 Å². The minimum Gasteiger partial charge on any atom is -0.457 e. The van der Waals surface area contributed by atoms with Crippen molar-refractivity contribution in [2.45, 2.75) is 137 Å². The van der Waals surface area contributed by atoms with Crippen LogP contribution in [0.4, 0.5) is 0 Å². The highest BCUT2D eigenvalue weighted by atomic mass is 28.4. The number of carbonyl (C=O) groups is 2. The smallest absolute Gasteiger partial charge is 0.360 e. The summed E-state index contributed by atoms with van der Waals surface area (Å²) in [5.74, 6) is 0.345. The summed E-state index contributed by atoms with van der Waals surface area (Å²) in [7, 11) is -2.21. The SMILES string of the molecule is C/C=C/[C@H](O[Si](C)(C)C(C)(C)C)C(C)(C)[C@@H]1C/C=C\C2CC/C2=C\C=C/c2nc(co2)C(=O)O[C@H](C(C)(C)[C@@H](O)/C=C/C)C/C=C\[C@H]2C[C@H]2/C=C/C=C\c2nc(co2)C(=O)O1. The molecule has 3 aliphatic rings. The van der Waals surface area contributed by atoms with Gasteiger partial charge in [-0.2, -0.15) is 0 Å². The number of ether oxygens (including phenoxy) is 2. The van der Waals surface area contributed by atoms with Crippen LogP contribution in [0.3, 0.4) is 0 Å². The second-order valence-corrected chi connectivity index (χ2v) is 24.0. The molecule has 0 spiro atoms. The first-order valence-corrected chi connectivity index (χ1v) is 24.7. The lowest BCUT2D eigenvalue weighted by atomic mass is 9.77. The van der Waals surface area contributed by atoms with Gasteiger partial charge in [0.05, 0.1) is 12.2 Å². The number of aromatic nitrogens is 2. The molecule has 0 saturated heterocycles. The van der Waals surface area contributed by atoms with Crippen molar-refractivity contribution in [3.63, 3.8) is 0 Å². The zero-order chi connectivity index (χ0) is 44.6. The van der Waals surface area contributed by atoms with Gasteiger partial charge in [0.25, 0.3) is 0 Å². The summed E-state index contributed by atoms with van der Waals surface area (Å²) in [6.07, 6.45) is 33.6. The minimum atomic E-state index is -2.21. The van der Waals surface area contributed by atoms with Crippen molar-refractivity contribution in [2.75, 3.05) is 0 Å². The Hall–Kier alpha value is -4.58. The molecule has 3 heterocycles. The molecule has 11 heteroatoms. The van der Waals surface area contributed by atoms with Crippen LogP contribution in [0.2, 0.25) is 18.1 Å². The molecule has 4 bridgehead atoms. The number of cyclic esters (lactones) is 2. The van der Waals surface area contributed by atoms with E-state index in [1.807, 2.05) is 58.1 Å². The van der Waals surface area contributed by atoms with Gasteiger partial charge in [-0.05, 0) is 69.0 Å². The van der Waals surface area contributed by atoms with E-state index in [4.69, 9.17) is 22.7 Å². The van der Waals surface area contributed by atoms with Crippen molar-refractivity contribution < 1.29 is 37.4 Å². The van der Waals surface area contributed by atoms with Gasteiger partial charge in [0.2, 0.25) is 11.8 Å². The molecule has 1 N–H and O–H groups in total. The van der Waals surface area contributed by atoms with Gasteiger partial charge in [-0.25, -0.2) is 19.6 Å². The van der Waals surface area contributed by atoms with Crippen LogP contribution in [0.15, 0.2) is 106 Å². The summed E-state index contributed by atoms with van der Waals surface area (Å²) in [4.78, 5) is 36.1. The van der Waals surface area contributed by atoms with E-state index in [1.165, 1.54) is 18.1 Å². The molecule has 330 valence electrons. The molecule has 0 aromatic carbocycles. The Morgan fingerprint density at radius 1 is 0.770 bits per heavy atom. The fourth-order valence-corrected chi connectivity index (χ4v) is 8.51. The molecule has 7 atom stereocenters. The van der Waals surface area contributed by atoms with Gasteiger partial charge in [0.15, 0.2) is 19.7 Å². The van der Waals surface area contributed by atoms with Gasteiger partial charge in [-0.15, -0.1) is 0 Å². The van der Waals surface area contributed by atoms with E-state index in [-0.39, 0.29) is 34.3 Å². The first-order chi connectivity index (χ1) is 28.8. The van der Waals surface area contributed by atoms with Crippen molar-refractivity contribution in [3.8, 4) is 0 Å². The lowest BCUT2D eigenvalue weighted by molar-refractivity contribution is -0.0457. The third kappa shape index (κ3) is 12.3. The van der Waals surface area contributed by atoms with E-state index >= 15 is 0 Å². The van der Waals surface area contributed by atoms with E-state index in [2.05, 4.69) is 94.1 Å². The molecule has 2 aliphatic carbocycles. The second kappa shape index (κ2) is 20.1. The molecule has 5 rings (SSSR count). The Morgan fingerprint density at radius 2 is 1.33 bits per heavy atom. The van der Waals surface area contributed by atoms with Crippen molar-refractivity contribution in [3.05, 3.63) is 120 Å². The molecule has 1 aliphatic heterocycles. The van der Waals surface area contributed by atoms with Crippen molar-refractivity contribution in [1.82, 2.24) is 9.97 Å². The summed E-state index contributed by atoms with van der Waals surface area (Å²) in [5.41, 5.74) is 0.0287. The lowest BCUT2D eigenvalue weighted by Gasteiger charge is -2.45. The molecular weight excluding hydrogens is 785 g/mol. The van der Waals surface area contributed by atoms with Gasteiger partial charge in [-0.3, -0.25) is 0 Å². The topological polar surface area (TPSA) is 134 Å². The Kier molecular flexibility index (Phi) is 15.6. The number of fused-ring (bicyclic) bond motifs is 6. The van der Waals surface area contributed by atoms with Crippen LogP contribution in [-0.2, 0) is 13.9 Å². The maximum absolute atomic E-state index is 13.8. The molecule has 2 aromatic rings. The average molecular weight is 853 g/mol. The van der Waals surface area contributed by atoms with E-state index in [9.17, 15) is 14.7 Å². The van der Waals surface area contributed by atoms with Gasteiger partial charge in [-0.1, -0.05) is 133 Å². The molecule has 10 nitrogen and oxygen atoms in total. The summed E-state index contributed by atoms with van der Waals surface area (Å²) in [6.45, 7) is 23.0. The maximum Gasteiger partial charge on any atom is 0.360 e. The Morgan fingerprint density at radius 3 is 1.89 bits per heavy atom. The second-order valence-electron chi connectivity index (χ2n) is 19.2. The van der Waals surface area contributed by atoms with Crippen LogP contribution < -0.4 is 0 Å². The zero-order valence-corrected chi connectivity index (χ0v) is 39.1. The van der Waals surface area contributed by atoms with Crippen molar-refractivity contribution >= 4 is 32.4 Å². The number of hydrogen-bond donors (Lipinski definition) is 1. The van der Waals surface area contributed by atoms with E-state index in [0.29, 0.717) is 30.6 Å². The normalized spacial score (nSPS) is 28.3. The number of rotatable bonds is 8. The van der Waals surface area contributed by atoms with Crippen LogP contribution >= 0.6 is 0 Å². The number of aliphatic hydroxyl groups excluding tert-OH is 1. The fourth-order valence-electron chi connectivity index (χ4n) is 7.14. The van der Waals surface area contributed by atoms with Gasteiger partial charge >= 0.3 is 11.9 Å². The number of nitrogens with zero attached hydrogens (tertiary/aromatic N) is 2. The Labute approximate surface area is 364 Å². The molecule has 0 radical (unpaired) electrons. The highest BCUT2D eigenvalue weighted by Crippen LogP contribution is 2.43. The van der Waals surface area contributed by atoms with Crippen molar-refractivity contribution in [2.24, 2.45) is 28.6 Å². The molecule has 61 heavy (non-hydrogen) atoms. The first kappa shape index (κ1) is 47.5. The molecule has 2 saturated carbocycles. The van der Waals surface area contributed by atoms with Crippen LogP contribution in [0, 0.1) is 28.6 Å². The molecular formula is C50H68N2O8Si. The highest BCUT2D eigenvalue weighted by Gasteiger charge is 2.46. The predicted octanol–water partition coefficient (Wildman–Crippen LogP) is 11.8. The third-order valence-corrected chi connectivity index (χ3v) is 17.4. The lowest BCUT2D eigenvalue weighted by Crippen LogP contribution is -2.51. The van der Waals surface area contributed by atoms with Crippen molar-refractivity contribution in [1.29, 1.82) is 0 Å². The van der Waals surface area contributed by atoms with Crippen LogP contribution in [0.5, 0.6) is 0 Å². The molecule has 1 unspecified atom stereocenters. The van der Waals surface area contributed by atoms with Crippen LogP contribution in [0.25, 0.3) is 12.2 Å². The summed E-state index contributed by atoms with van der Waals surface area (Å²) >= 11 is 0. The number of esters is 2. The quantitative estimate of drug-likeness (QED) is 0.155. The molecule has 2 aromatic heterocycles. The average Bonchev–Trinajstić information content (AvgIpc) is 3.49. The summed E-state index contributed by atoms with van der Waals surface area (Å²) in [5, 5.41) is 11.0. The maximum atomic E-state index is 13.8. The Balaban J connectivity index is 1.43. The highest BCUT2D eigenvalue weighted by molar-refractivity contribution is 6.74. The van der Waals surface area contributed by atoms with Gasteiger partial charge < -0.3 is 27.8 Å². The molecule has 0 amide bonds. The fraction of sp³-hybridized carbons (Fsp3) is 0.520. The van der Waals surface area contributed by atoms with E-state index < -0.39 is 49.4 Å². The largest absolute Gasteiger partial charge is 0.457 e. The van der Waals surface area contributed by atoms with E-state index in [0.717, 1.165) is 19.3 Å². The summed E-state index contributed by atoms with van der Waals surface area (Å²) in [6, 6.07) is 0. The first-order valence-electron chi connectivity index (χ1n) is 21.8. The van der Waals surface area contributed by atoms with Gasteiger partial charge in [0, 0.05) is 35.8 Å². The molecule has 2 fully saturated rings. The number of aliphatic hydroxyl groups is 1. The number of oxazole rings is 2. The monoisotopic (exact) mass is 852 g/mol. The van der Waals surface area contributed by atoms with E-state index in [1.54, 1.807) is 24.3 Å². The predicted molar refractivity (Wildman–Crippen MR) is 244 cm³/mol. The number of hydrogen-bond acceptors (Lipinski definition) is 10. The van der Waals surface area contributed by atoms with Crippen LogP contribution in [0.1, 0.15) is 127 Å². The Bertz CT molecular complexity index is 2070. The number of allylic oxidation sites excluding steroid dienone is 10. The number of carbonyl (C=O) groups excluding carboxylic acids is 2. The summed E-state index contributed by atoms with van der Waals surface area (Å²) < 4.78 is 30.7. The van der Waals surface area contributed by atoms with Crippen LogP contribution in [-0.4, -0.2) is 59.7 Å². The third-order valence-electron chi connectivity index (χ3n) is 12.9. The minimum absolute atomic E-state index is 0.0135. The standard InChI is InChI=1S/C50H68N2O8Si/c1-12-19-40(53)49(6,7)41-25-17-24-37-31-36(37)21-14-15-27-44-51-39(32-56-44)47(55)59-42(50(8,9)43(20-13-2)60-61(10,11)48(3,4)5)26-16-22-34-29-30-35(34)23-18-28-45-52-38(33-57-45)46(54)58-41/h12-24,27-28,32-34,36-37,40-43,53H,25-26,29-31H2,1-11H3/b19-12+,20-13+,21-14+,22-16-,24-17-,27-15-,28-18-,35-23+/t34?,36-,37+,40+,41+,42+,43+/m1/s1. The zero-order valence-electron chi connectivity index (χ0n) is 38.1.